The number of anilines is 1. The fourth-order valence-corrected chi connectivity index (χ4v) is 5.34. The molecule has 0 saturated carbocycles. The Bertz CT molecular complexity index is 1400. The first kappa shape index (κ1) is 21.6. The lowest BCUT2D eigenvalue weighted by Crippen LogP contribution is -2.61. The van der Waals surface area contributed by atoms with E-state index in [-0.39, 0.29) is 11.3 Å². The number of nitrogens with zero attached hydrogens (tertiary/aromatic N) is 6. The van der Waals surface area contributed by atoms with E-state index in [0.717, 1.165) is 66.7 Å². The standard InChI is InChI=1S/C27H28N6O2/c1-31-16-22(14-29-31)26(34)33-17-27(18-33)7-9-32(10-8-27)23-12-21(13-28-15-23)19-3-5-24-20(11-19)4-6-25(30-24)35-2/h3-6,11-16H,7-10,17-18H2,1-2H3. The summed E-state index contributed by atoms with van der Waals surface area (Å²) in [5.74, 6) is 0.708. The summed E-state index contributed by atoms with van der Waals surface area (Å²) in [7, 11) is 3.47. The number of methoxy groups -OCH3 is 1. The van der Waals surface area contributed by atoms with Crippen LogP contribution in [-0.4, -0.2) is 63.8 Å². The van der Waals surface area contributed by atoms with Gasteiger partial charge in [0.1, 0.15) is 0 Å². The second-order valence-corrected chi connectivity index (χ2v) is 9.74. The highest BCUT2D eigenvalue weighted by Crippen LogP contribution is 2.42. The van der Waals surface area contributed by atoms with Crippen molar-refractivity contribution in [3.8, 4) is 17.0 Å². The molecule has 2 aliphatic heterocycles. The molecule has 178 valence electrons. The van der Waals surface area contributed by atoms with Crippen LogP contribution in [0.2, 0.25) is 0 Å². The van der Waals surface area contributed by atoms with Gasteiger partial charge in [-0.15, -0.1) is 0 Å². The highest BCUT2D eigenvalue weighted by molar-refractivity contribution is 5.94. The minimum absolute atomic E-state index is 0.0899. The Morgan fingerprint density at radius 3 is 2.57 bits per heavy atom. The second kappa shape index (κ2) is 8.37. The number of aromatic nitrogens is 4. The number of hydrogen-bond donors (Lipinski definition) is 0. The van der Waals surface area contributed by atoms with Crippen molar-refractivity contribution in [2.45, 2.75) is 12.8 Å². The maximum Gasteiger partial charge on any atom is 0.257 e. The quantitative estimate of drug-likeness (QED) is 0.454. The SMILES string of the molecule is COc1ccc2cc(-c3cncc(N4CCC5(CC4)CN(C(=O)c4cnn(C)c4)C5)c3)ccc2n1. The van der Waals surface area contributed by atoms with Crippen molar-refractivity contribution >= 4 is 22.5 Å². The van der Waals surface area contributed by atoms with E-state index in [2.05, 4.69) is 38.2 Å². The van der Waals surface area contributed by atoms with Gasteiger partial charge in [-0.3, -0.25) is 14.5 Å². The monoisotopic (exact) mass is 468 g/mol. The third-order valence-electron chi connectivity index (χ3n) is 7.41. The van der Waals surface area contributed by atoms with Gasteiger partial charge in [0.25, 0.3) is 5.91 Å². The maximum absolute atomic E-state index is 12.7. The van der Waals surface area contributed by atoms with Crippen LogP contribution < -0.4 is 9.64 Å². The van der Waals surface area contributed by atoms with Crippen molar-refractivity contribution in [2.24, 2.45) is 12.5 Å². The van der Waals surface area contributed by atoms with Gasteiger partial charge in [0.2, 0.25) is 5.88 Å². The molecule has 1 amide bonds. The van der Waals surface area contributed by atoms with Crippen LogP contribution in [0.4, 0.5) is 5.69 Å². The molecule has 2 aliphatic rings. The van der Waals surface area contributed by atoms with Gasteiger partial charge in [-0.25, -0.2) is 4.98 Å². The van der Waals surface area contributed by atoms with Crippen LogP contribution in [-0.2, 0) is 7.05 Å². The van der Waals surface area contributed by atoms with Crippen LogP contribution in [0.3, 0.4) is 0 Å². The first-order chi connectivity index (χ1) is 17.0. The van der Waals surface area contributed by atoms with Gasteiger partial charge in [0.15, 0.2) is 0 Å². The molecule has 0 bridgehead atoms. The highest BCUT2D eigenvalue weighted by atomic mass is 16.5. The van der Waals surface area contributed by atoms with Crippen LogP contribution in [0.5, 0.6) is 5.88 Å². The summed E-state index contributed by atoms with van der Waals surface area (Å²) < 4.78 is 6.91. The van der Waals surface area contributed by atoms with Crippen LogP contribution in [0, 0.1) is 5.41 Å². The zero-order valence-corrected chi connectivity index (χ0v) is 20.0. The average Bonchev–Trinajstić information content (AvgIpc) is 3.32. The molecule has 1 spiro atoms. The van der Waals surface area contributed by atoms with E-state index >= 15 is 0 Å². The number of aryl methyl sites for hydroxylation is 1. The van der Waals surface area contributed by atoms with Gasteiger partial charge < -0.3 is 14.5 Å². The number of fused-ring (bicyclic) bond motifs is 1. The number of amides is 1. The molecule has 8 heteroatoms. The number of hydrogen-bond acceptors (Lipinski definition) is 6. The fraction of sp³-hybridized carbons (Fsp3) is 0.333. The Hall–Kier alpha value is -3.94. The summed E-state index contributed by atoms with van der Waals surface area (Å²) in [4.78, 5) is 26.1. The van der Waals surface area contributed by atoms with E-state index in [1.165, 1.54) is 0 Å². The maximum atomic E-state index is 12.7. The van der Waals surface area contributed by atoms with Crippen molar-refractivity contribution in [1.82, 2.24) is 24.6 Å². The first-order valence-electron chi connectivity index (χ1n) is 12.0. The molecule has 0 N–H and O–H groups in total. The van der Waals surface area contributed by atoms with Crippen LogP contribution in [0.25, 0.3) is 22.0 Å². The predicted octanol–water partition coefficient (Wildman–Crippen LogP) is 3.78. The topological polar surface area (TPSA) is 76.4 Å². The van der Waals surface area contributed by atoms with Gasteiger partial charge in [0.05, 0.1) is 36.3 Å². The average molecular weight is 469 g/mol. The number of pyridine rings is 2. The fourth-order valence-electron chi connectivity index (χ4n) is 5.34. The lowest BCUT2D eigenvalue weighted by molar-refractivity contribution is -0.00785. The first-order valence-corrected chi connectivity index (χ1v) is 12.0. The van der Waals surface area contributed by atoms with Crippen LogP contribution in [0.1, 0.15) is 23.2 Å². The summed E-state index contributed by atoms with van der Waals surface area (Å²) in [6.07, 6.45) is 9.47. The van der Waals surface area contributed by atoms with Crippen LogP contribution >= 0.6 is 0 Å². The molecule has 2 saturated heterocycles. The van der Waals surface area contributed by atoms with Gasteiger partial charge in [0, 0.05) is 68.1 Å². The third kappa shape index (κ3) is 3.99. The lowest BCUT2D eigenvalue weighted by atomic mass is 9.71. The lowest BCUT2D eigenvalue weighted by Gasteiger charge is -2.54. The van der Waals surface area contributed by atoms with Crippen LogP contribution in [0.15, 0.2) is 61.2 Å². The Labute approximate surface area is 204 Å². The molecule has 4 aromatic rings. The molecular formula is C27H28N6O2. The summed E-state index contributed by atoms with van der Waals surface area (Å²) in [5.41, 5.74) is 5.19. The summed E-state index contributed by atoms with van der Waals surface area (Å²) in [5, 5.41) is 5.20. The Morgan fingerprint density at radius 1 is 1.00 bits per heavy atom. The van der Waals surface area contributed by atoms with Crippen molar-refractivity contribution in [2.75, 3.05) is 38.2 Å². The molecule has 0 aliphatic carbocycles. The van der Waals surface area contributed by atoms with Gasteiger partial charge in [-0.2, -0.15) is 5.10 Å². The molecule has 0 unspecified atom stereocenters. The van der Waals surface area contributed by atoms with E-state index in [0.29, 0.717) is 11.4 Å². The van der Waals surface area contributed by atoms with E-state index in [4.69, 9.17) is 4.74 Å². The second-order valence-electron chi connectivity index (χ2n) is 9.74. The molecule has 5 heterocycles. The normalized spacial score (nSPS) is 17.0. The van der Waals surface area contributed by atoms with E-state index in [1.807, 2.05) is 42.5 Å². The molecule has 2 fully saturated rings. The minimum atomic E-state index is 0.0899. The largest absolute Gasteiger partial charge is 0.481 e. The molecule has 0 atom stereocenters. The molecule has 35 heavy (non-hydrogen) atoms. The Kier molecular flexibility index (Phi) is 5.16. The smallest absolute Gasteiger partial charge is 0.257 e. The van der Waals surface area contributed by atoms with E-state index < -0.39 is 0 Å². The molecular weight excluding hydrogens is 440 g/mol. The number of likely N-dealkylation sites (tertiary alicyclic amines) is 1. The van der Waals surface area contributed by atoms with Gasteiger partial charge >= 0.3 is 0 Å². The van der Waals surface area contributed by atoms with Crippen molar-refractivity contribution in [3.63, 3.8) is 0 Å². The van der Waals surface area contributed by atoms with Gasteiger partial charge in [-0.05, 0) is 42.7 Å². The Morgan fingerprint density at radius 2 is 1.83 bits per heavy atom. The van der Waals surface area contributed by atoms with Crippen molar-refractivity contribution < 1.29 is 9.53 Å². The Balaban J connectivity index is 1.12. The molecule has 8 nitrogen and oxygen atoms in total. The predicted molar refractivity (Wildman–Crippen MR) is 135 cm³/mol. The molecule has 6 rings (SSSR count). The number of piperidine rings is 1. The number of carbonyl (C=O) groups excluding carboxylic acids is 1. The third-order valence-corrected chi connectivity index (χ3v) is 7.41. The number of rotatable bonds is 4. The van der Waals surface area contributed by atoms with E-state index in [1.54, 1.807) is 24.2 Å². The highest BCUT2D eigenvalue weighted by Gasteiger charge is 2.47. The van der Waals surface area contributed by atoms with Gasteiger partial charge in [-0.1, -0.05) is 6.07 Å². The van der Waals surface area contributed by atoms with E-state index in [9.17, 15) is 4.79 Å². The summed E-state index contributed by atoms with van der Waals surface area (Å²) in [6, 6.07) is 12.4. The molecule has 0 radical (unpaired) electrons. The number of ether oxygens (including phenoxy) is 1. The summed E-state index contributed by atoms with van der Waals surface area (Å²) in [6.45, 7) is 3.62. The zero-order chi connectivity index (χ0) is 24.0. The minimum Gasteiger partial charge on any atom is -0.481 e. The molecule has 3 aromatic heterocycles. The number of carbonyl (C=O) groups is 1. The van der Waals surface area contributed by atoms with Crippen molar-refractivity contribution in [1.29, 1.82) is 0 Å². The molecule has 1 aromatic carbocycles. The summed E-state index contributed by atoms with van der Waals surface area (Å²) >= 11 is 0. The number of benzene rings is 1. The zero-order valence-electron chi connectivity index (χ0n) is 20.0. The van der Waals surface area contributed by atoms with Crippen molar-refractivity contribution in [3.05, 3.63) is 66.7 Å².